The van der Waals surface area contributed by atoms with Crippen LogP contribution in [0.5, 0.6) is 0 Å². The highest BCUT2D eigenvalue weighted by Crippen LogP contribution is 2.28. The number of carbonyl (C=O) groups excluding carboxylic acids is 1. The van der Waals surface area contributed by atoms with Gasteiger partial charge in [-0.15, -0.1) is 0 Å². The predicted molar refractivity (Wildman–Crippen MR) is 108 cm³/mol. The number of fused-ring (bicyclic) bond motifs is 1. The molecule has 1 heterocycles. The van der Waals surface area contributed by atoms with Crippen LogP contribution in [0, 0.1) is 0 Å². The number of carbonyl (C=O) groups is 1. The highest BCUT2D eigenvalue weighted by atomic mass is 16.1. The molecule has 3 aromatic carbocycles. The third-order valence-corrected chi connectivity index (χ3v) is 4.64. The first kappa shape index (κ1) is 17.0. The van der Waals surface area contributed by atoms with Gasteiger partial charge in [0, 0.05) is 24.2 Å². The van der Waals surface area contributed by atoms with E-state index in [0.717, 1.165) is 28.0 Å². The van der Waals surface area contributed by atoms with Gasteiger partial charge in [0.05, 0.1) is 11.0 Å². The maximum absolute atomic E-state index is 11.5. The van der Waals surface area contributed by atoms with Crippen LogP contribution in [-0.2, 0) is 6.54 Å². The van der Waals surface area contributed by atoms with Crippen LogP contribution in [0.25, 0.3) is 33.5 Å². The van der Waals surface area contributed by atoms with E-state index in [-0.39, 0.29) is 0 Å². The molecule has 5 heteroatoms. The van der Waals surface area contributed by atoms with Gasteiger partial charge in [-0.2, -0.15) is 0 Å². The average Bonchev–Trinajstić information content (AvgIpc) is 3.07. The minimum absolute atomic E-state index is 0.450. The van der Waals surface area contributed by atoms with Crippen LogP contribution in [0.2, 0.25) is 0 Å². The van der Waals surface area contributed by atoms with Crippen LogP contribution in [0.1, 0.15) is 10.4 Å². The molecular formula is C22H20N4O. The fourth-order valence-electron chi connectivity index (χ4n) is 3.30. The van der Waals surface area contributed by atoms with E-state index < -0.39 is 5.91 Å². The Labute approximate surface area is 157 Å². The van der Waals surface area contributed by atoms with Crippen LogP contribution in [-0.4, -0.2) is 22.0 Å². The molecule has 27 heavy (non-hydrogen) atoms. The van der Waals surface area contributed by atoms with Crippen LogP contribution < -0.4 is 11.5 Å². The van der Waals surface area contributed by atoms with Gasteiger partial charge in [-0.05, 0) is 29.3 Å². The highest BCUT2D eigenvalue weighted by Gasteiger charge is 2.14. The third kappa shape index (κ3) is 3.20. The number of amides is 1. The van der Waals surface area contributed by atoms with E-state index in [4.69, 9.17) is 16.5 Å². The molecule has 4 aromatic rings. The van der Waals surface area contributed by atoms with Gasteiger partial charge in [0.2, 0.25) is 5.91 Å². The fourth-order valence-corrected chi connectivity index (χ4v) is 3.30. The Balaban J connectivity index is 1.80. The summed E-state index contributed by atoms with van der Waals surface area (Å²) in [5, 5.41) is 0. The van der Waals surface area contributed by atoms with Crippen molar-refractivity contribution in [3.05, 3.63) is 78.4 Å². The summed E-state index contributed by atoms with van der Waals surface area (Å²) in [7, 11) is 0. The van der Waals surface area contributed by atoms with E-state index in [2.05, 4.69) is 41.0 Å². The van der Waals surface area contributed by atoms with Crippen LogP contribution in [0.4, 0.5) is 0 Å². The van der Waals surface area contributed by atoms with Crippen LogP contribution in [0.15, 0.2) is 72.8 Å². The Morgan fingerprint density at radius 2 is 1.56 bits per heavy atom. The minimum Gasteiger partial charge on any atom is -0.366 e. The standard InChI is InChI=1S/C22H20N4O/c23-12-13-26-20-11-10-18(21(24)27)14-19(20)25-22(26)17-8-6-16(7-9-17)15-4-2-1-3-5-15/h1-11,14H,12-13,23H2,(H2,24,27). The summed E-state index contributed by atoms with van der Waals surface area (Å²) < 4.78 is 2.08. The lowest BCUT2D eigenvalue weighted by Crippen LogP contribution is -2.12. The molecule has 1 aromatic heterocycles. The number of hydrogen-bond donors (Lipinski definition) is 2. The second-order valence-corrected chi connectivity index (χ2v) is 6.39. The molecule has 4 rings (SSSR count). The van der Waals surface area contributed by atoms with Gasteiger partial charge in [0.15, 0.2) is 0 Å². The minimum atomic E-state index is -0.459. The van der Waals surface area contributed by atoms with Crippen molar-refractivity contribution >= 4 is 16.9 Å². The first-order chi connectivity index (χ1) is 13.2. The smallest absolute Gasteiger partial charge is 0.248 e. The highest BCUT2D eigenvalue weighted by molar-refractivity contribution is 5.96. The predicted octanol–water partition coefficient (Wildman–Crippen LogP) is 3.43. The Bertz CT molecular complexity index is 1100. The number of nitrogens with two attached hydrogens (primary N) is 2. The normalized spacial score (nSPS) is 11.0. The topological polar surface area (TPSA) is 86.9 Å². The number of benzene rings is 3. The van der Waals surface area contributed by atoms with Crippen molar-refractivity contribution in [2.75, 3.05) is 6.54 Å². The number of hydrogen-bond acceptors (Lipinski definition) is 3. The summed E-state index contributed by atoms with van der Waals surface area (Å²) in [5.41, 5.74) is 16.7. The van der Waals surface area contributed by atoms with Gasteiger partial charge >= 0.3 is 0 Å². The maximum atomic E-state index is 11.5. The molecule has 0 radical (unpaired) electrons. The molecule has 0 saturated heterocycles. The fraction of sp³-hybridized carbons (Fsp3) is 0.0909. The summed E-state index contributed by atoms with van der Waals surface area (Å²) in [4.78, 5) is 16.2. The molecule has 0 spiro atoms. The Hall–Kier alpha value is -3.44. The number of imidazole rings is 1. The number of primary amides is 1. The maximum Gasteiger partial charge on any atom is 0.248 e. The third-order valence-electron chi connectivity index (χ3n) is 4.64. The van der Waals surface area contributed by atoms with Gasteiger partial charge in [-0.1, -0.05) is 54.6 Å². The van der Waals surface area contributed by atoms with Gasteiger partial charge in [0.25, 0.3) is 0 Å². The molecular weight excluding hydrogens is 336 g/mol. The average molecular weight is 356 g/mol. The molecule has 0 aliphatic rings. The lowest BCUT2D eigenvalue weighted by atomic mass is 10.0. The zero-order valence-electron chi connectivity index (χ0n) is 14.8. The zero-order valence-corrected chi connectivity index (χ0v) is 14.8. The van der Waals surface area contributed by atoms with Gasteiger partial charge in [-0.3, -0.25) is 4.79 Å². The van der Waals surface area contributed by atoms with Gasteiger partial charge in [0.1, 0.15) is 5.82 Å². The molecule has 0 fully saturated rings. The number of nitrogens with zero attached hydrogens (tertiary/aromatic N) is 2. The summed E-state index contributed by atoms with van der Waals surface area (Å²) in [6.45, 7) is 1.14. The van der Waals surface area contributed by atoms with E-state index in [1.54, 1.807) is 12.1 Å². The Morgan fingerprint density at radius 3 is 2.22 bits per heavy atom. The van der Waals surface area contributed by atoms with E-state index in [9.17, 15) is 4.79 Å². The van der Waals surface area contributed by atoms with Crippen molar-refractivity contribution in [1.82, 2.24) is 9.55 Å². The van der Waals surface area contributed by atoms with Crippen molar-refractivity contribution in [2.24, 2.45) is 11.5 Å². The van der Waals surface area contributed by atoms with E-state index >= 15 is 0 Å². The summed E-state index contributed by atoms with van der Waals surface area (Å²) in [5.74, 6) is 0.371. The van der Waals surface area contributed by atoms with Crippen LogP contribution in [0.3, 0.4) is 0 Å². The SMILES string of the molecule is NCCn1c(-c2ccc(-c3ccccc3)cc2)nc2cc(C(N)=O)ccc21. The van der Waals surface area contributed by atoms with Crippen molar-refractivity contribution in [1.29, 1.82) is 0 Å². The molecule has 4 N–H and O–H groups in total. The number of rotatable bonds is 5. The molecule has 1 amide bonds. The molecule has 0 aliphatic heterocycles. The molecule has 0 atom stereocenters. The van der Waals surface area contributed by atoms with Crippen molar-refractivity contribution in [2.45, 2.75) is 6.54 Å². The monoisotopic (exact) mass is 356 g/mol. The lowest BCUT2D eigenvalue weighted by Gasteiger charge is -2.09. The summed E-state index contributed by atoms with van der Waals surface area (Å²) >= 11 is 0. The van der Waals surface area contributed by atoms with E-state index in [1.807, 2.05) is 24.3 Å². The second kappa shape index (κ2) is 7.05. The van der Waals surface area contributed by atoms with E-state index in [0.29, 0.717) is 18.7 Å². The molecule has 0 saturated carbocycles. The van der Waals surface area contributed by atoms with Crippen molar-refractivity contribution < 1.29 is 4.79 Å². The molecule has 5 nitrogen and oxygen atoms in total. The molecule has 0 aliphatic carbocycles. The molecule has 134 valence electrons. The zero-order chi connectivity index (χ0) is 18.8. The Kier molecular flexibility index (Phi) is 4.44. The number of aromatic nitrogens is 2. The quantitative estimate of drug-likeness (QED) is 0.574. The van der Waals surface area contributed by atoms with Gasteiger partial charge in [-0.25, -0.2) is 4.98 Å². The van der Waals surface area contributed by atoms with Gasteiger partial charge < -0.3 is 16.0 Å². The first-order valence-electron chi connectivity index (χ1n) is 8.83. The summed E-state index contributed by atoms with van der Waals surface area (Å²) in [6, 6.07) is 23.9. The largest absolute Gasteiger partial charge is 0.366 e. The van der Waals surface area contributed by atoms with Crippen molar-refractivity contribution in [3.8, 4) is 22.5 Å². The first-order valence-corrected chi connectivity index (χ1v) is 8.83. The second-order valence-electron chi connectivity index (χ2n) is 6.39. The molecule has 0 unspecified atom stereocenters. The van der Waals surface area contributed by atoms with Crippen molar-refractivity contribution in [3.63, 3.8) is 0 Å². The Morgan fingerprint density at radius 1 is 0.889 bits per heavy atom. The lowest BCUT2D eigenvalue weighted by molar-refractivity contribution is 0.100. The van der Waals surface area contributed by atoms with Crippen LogP contribution >= 0.6 is 0 Å². The summed E-state index contributed by atoms with van der Waals surface area (Å²) in [6.07, 6.45) is 0. The van der Waals surface area contributed by atoms with E-state index in [1.165, 1.54) is 5.56 Å². The molecule has 0 bridgehead atoms.